The minimum atomic E-state index is -0.00943. The van der Waals surface area contributed by atoms with E-state index < -0.39 is 0 Å². The number of halogens is 1. The van der Waals surface area contributed by atoms with E-state index in [9.17, 15) is 0 Å². The van der Waals surface area contributed by atoms with Crippen LogP contribution in [0.4, 0.5) is 0 Å². The van der Waals surface area contributed by atoms with Crippen molar-refractivity contribution in [3.63, 3.8) is 0 Å². The van der Waals surface area contributed by atoms with Crippen LogP contribution in [-0.2, 0) is 0 Å². The molecule has 21 heavy (non-hydrogen) atoms. The molecule has 0 unspecified atom stereocenters. The molecule has 118 valence electrons. The number of allylic oxidation sites excluding steroid dienone is 1. The normalized spacial score (nSPS) is 12.3. The van der Waals surface area contributed by atoms with Gasteiger partial charge < -0.3 is 0 Å². The fourth-order valence-corrected chi connectivity index (χ4v) is 5.58. The maximum atomic E-state index is 2.48. The summed E-state index contributed by atoms with van der Waals surface area (Å²) in [4.78, 5) is 0. The smallest absolute Gasteiger partial charge is 0.0651 e. The highest BCUT2D eigenvalue weighted by atomic mass is 127. The molecule has 0 radical (unpaired) electrons. The Balaban J connectivity index is 3.29. The van der Waals surface area contributed by atoms with E-state index >= 15 is 0 Å². The summed E-state index contributed by atoms with van der Waals surface area (Å²) >= 11 is -0.00943. The van der Waals surface area contributed by atoms with Crippen LogP contribution in [0.25, 0.3) is 0 Å². The van der Waals surface area contributed by atoms with Crippen molar-refractivity contribution in [2.75, 3.05) is 0 Å². The average molecular weight is 399 g/mol. The molecule has 1 heteroatoms. The standard InChI is InChI=1S/C20H32I/c1-8-9-10-11-21-20-18(15(4)5)12-17(14(2)3)13-19(20)16(6)7/h10-16H,8-9H2,1-7H3/q+1/b11-10+. The first-order valence-corrected chi connectivity index (χ1v) is 10.7. The van der Waals surface area contributed by atoms with Crippen LogP contribution in [0.2, 0.25) is 0 Å². The first-order chi connectivity index (χ1) is 9.88. The number of unbranched alkanes of at least 4 members (excludes halogenated alkanes) is 1. The molecule has 0 aliphatic rings. The van der Waals surface area contributed by atoms with E-state index in [0.29, 0.717) is 17.8 Å². The van der Waals surface area contributed by atoms with E-state index in [0.717, 1.165) is 0 Å². The van der Waals surface area contributed by atoms with Crippen molar-refractivity contribution >= 4 is 0 Å². The third-order valence-electron chi connectivity index (χ3n) is 3.78. The van der Waals surface area contributed by atoms with Crippen LogP contribution < -0.4 is 21.2 Å². The summed E-state index contributed by atoms with van der Waals surface area (Å²) in [6.45, 7) is 16.2. The Bertz CT molecular complexity index is 438. The molecule has 0 amide bonds. The molecule has 0 heterocycles. The van der Waals surface area contributed by atoms with E-state index in [2.05, 4.69) is 70.8 Å². The summed E-state index contributed by atoms with van der Waals surface area (Å²) in [6, 6.07) is 4.95. The predicted octanol–water partition coefficient (Wildman–Crippen LogP) is 3.63. The topological polar surface area (TPSA) is 0 Å². The van der Waals surface area contributed by atoms with Crippen molar-refractivity contribution in [3.05, 3.63) is 42.6 Å². The van der Waals surface area contributed by atoms with Crippen LogP contribution in [0, 0.1) is 3.57 Å². The highest BCUT2D eigenvalue weighted by molar-refractivity contribution is 5.34. The van der Waals surface area contributed by atoms with Gasteiger partial charge in [0, 0.05) is 11.1 Å². The molecule has 0 atom stereocenters. The Morgan fingerprint density at radius 1 is 0.905 bits per heavy atom. The van der Waals surface area contributed by atoms with Crippen LogP contribution in [0.1, 0.15) is 95.8 Å². The molecule has 0 saturated heterocycles. The fourth-order valence-electron chi connectivity index (χ4n) is 2.33. The van der Waals surface area contributed by atoms with Crippen molar-refractivity contribution in [1.82, 2.24) is 0 Å². The lowest BCUT2D eigenvalue weighted by Gasteiger charge is -2.16. The van der Waals surface area contributed by atoms with Gasteiger partial charge in [-0.1, -0.05) is 67.0 Å². The Morgan fingerprint density at radius 3 is 1.81 bits per heavy atom. The molecule has 0 saturated carbocycles. The van der Waals surface area contributed by atoms with Gasteiger partial charge in [-0.15, -0.1) is 0 Å². The van der Waals surface area contributed by atoms with Gasteiger partial charge in [-0.05, 0) is 35.8 Å². The van der Waals surface area contributed by atoms with Crippen LogP contribution in [0.5, 0.6) is 0 Å². The molecule has 0 nitrogen and oxygen atoms in total. The molecule has 1 aromatic rings. The van der Waals surface area contributed by atoms with E-state index in [4.69, 9.17) is 0 Å². The zero-order valence-electron chi connectivity index (χ0n) is 14.8. The van der Waals surface area contributed by atoms with Crippen molar-refractivity contribution in [2.45, 2.75) is 79.1 Å². The molecule has 0 aliphatic heterocycles. The summed E-state index contributed by atoms with van der Waals surface area (Å²) in [7, 11) is 0. The summed E-state index contributed by atoms with van der Waals surface area (Å²) in [5.74, 6) is 1.86. The first-order valence-electron chi connectivity index (χ1n) is 8.34. The largest absolute Gasteiger partial charge is 0.349 e. The minimum absolute atomic E-state index is 0.00943. The van der Waals surface area contributed by atoms with Crippen molar-refractivity contribution in [1.29, 1.82) is 0 Å². The fraction of sp³-hybridized carbons (Fsp3) is 0.600. The van der Waals surface area contributed by atoms with E-state index in [1.54, 1.807) is 14.7 Å². The molecule has 0 bridgehead atoms. The Kier molecular flexibility index (Phi) is 8.00. The van der Waals surface area contributed by atoms with Crippen LogP contribution in [0.3, 0.4) is 0 Å². The lowest BCUT2D eigenvalue weighted by Crippen LogP contribution is -3.59. The minimum Gasteiger partial charge on any atom is -0.0651 e. The lowest BCUT2D eigenvalue weighted by molar-refractivity contribution is -0.559. The molecule has 1 aromatic carbocycles. The van der Waals surface area contributed by atoms with E-state index in [1.165, 1.54) is 18.4 Å². The maximum absolute atomic E-state index is 2.48. The predicted molar refractivity (Wildman–Crippen MR) is 91.5 cm³/mol. The molecular weight excluding hydrogens is 367 g/mol. The first kappa shape index (κ1) is 18.7. The third kappa shape index (κ3) is 5.43. The summed E-state index contributed by atoms with van der Waals surface area (Å²) < 4.78 is 4.15. The molecular formula is C20H32I+. The number of rotatable bonds is 7. The molecule has 1 rings (SSSR count). The highest BCUT2D eigenvalue weighted by Crippen LogP contribution is 2.27. The van der Waals surface area contributed by atoms with Gasteiger partial charge in [0.25, 0.3) is 0 Å². The van der Waals surface area contributed by atoms with E-state index in [-0.39, 0.29) is 21.2 Å². The molecule has 0 aromatic heterocycles. The Hall–Kier alpha value is -0.310. The second-order valence-corrected chi connectivity index (χ2v) is 9.16. The Labute approximate surface area is 142 Å². The third-order valence-corrected chi connectivity index (χ3v) is 6.52. The van der Waals surface area contributed by atoms with Gasteiger partial charge in [0.2, 0.25) is 3.57 Å². The summed E-state index contributed by atoms with van der Waals surface area (Å²) in [6.07, 6.45) is 4.86. The number of benzene rings is 1. The zero-order valence-corrected chi connectivity index (χ0v) is 17.0. The lowest BCUT2D eigenvalue weighted by atomic mass is 9.90. The monoisotopic (exact) mass is 399 g/mol. The van der Waals surface area contributed by atoms with Gasteiger partial charge in [0.05, 0.1) is 0 Å². The van der Waals surface area contributed by atoms with Gasteiger partial charge >= 0.3 is 21.2 Å². The van der Waals surface area contributed by atoms with Gasteiger partial charge in [-0.25, -0.2) is 0 Å². The van der Waals surface area contributed by atoms with Gasteiger partial charge in [0.15, 0.2) is 4.08 Å². The zero-order chi connectivity index (χ0) is 16.0. The Morgan fingerprint density at radius 2 is 1.43 bits per heavy atom. The second-order valence-electron chi connectivity index (χ2n) is 6.74. The number of hydrogen-bond acceptors (Lipinski definition) is 0. The van der Waals surface area contributed by atoms with Gasteiger partial charge in [-0.2, -0.15) is 0 Å². The van der Waals surface area contributed by atoms with Crippen molar-refractivity contribution in [2.24, 2.45) is 0 Å². The molecule has 0 N–H and O–H groups in total. The average Bonchev–Trinajstić information content (AvgIpc) is 2.42. The summed E-state index contributed by atoms with van der Waals surface area (Å²) in [5, 5.41) is 0. The van der Waals surface area contributed by atoms with Crippen molar-refractivity contribution < 1.29 is 21.2 Å². The molecule has 0 aliphatic carbocycles. The maximum Gasteiger partial charge on any atom is 0.349 e. The SMILES string of the molecule is CCC/C=C/[I+]c1c(C(C)C)cc(C(C)C)cc1C(C)C. The van der Waals surface area contributed by atoms with E-state index in [1.807, 2.05) is 0 Å². The number of hydrogen-bond donors (Lipinski definition) is 0. The van der Waals surface area contributed by atoms with Gasteiger partial charge in [0.1, 0.15) is 0 Å². The molecule has 0 spiro atoms. The second kappa shape index (κ2) is 8.97. The quantitative estimate of drug-likeness (QED) is 0.615. The van der Waals surface area contributed by atoms with Crippen molar-refractivity contribution in [3.8, 4) is 0 Å². The summed E-state index contributed by atoms with van der Waals surface area (Å²) in [5.41, 5.74) is 4.70. The van der Waals surface area contributed by atoms with Crippen LogP contribution in [-0.4, -0.2) is 0 Å². The highest BCUT2D eigenvalue weighted by Gasteiger charge is 2.25. The van der Waals surface area contributed by atoms with Crippen LogP contribution in [0.15, 0.2) is 22.3 Å². The van der Waals surface area contributed by atoms with Gasteiger partial charge in [-0.3, -0.25) is 0 Å². The van der Waals surface area contributed by atoms with Crippen LogP contribution >= 0.6 is 0 Å². The molecule has 0 fully saturated rings.